The van der Waals surface area contributed by atoms with Crippen LogP contribution in [0.25, 0.3) is 0 Å². The van der Waals surface area contributed by atoms with Crippen LogP contribution in [-0.2, 0) is 4.79 Å². The number of carboxylic acid groups (broad SMARTS) is 1. The zero-order valence-electron chi connectivity index (χ0n) is 8.04. The van der Waals surface area contributed by atoms with Gasteiger partial charge in [0.05, 0.1) is 0 Å². The largest absolute Gasteiger partial charge is 0.478 e. The van der Waals surface area contributed by atoms with E-state index in [1.165, 1.54) is 24.7 Å². The predicted octanol–water partition coefficient (Wildman–Crippen LogP) is 2.84. The Morgan fingerprint density at radius 2 is 1.46 bits per heavy atom. The van der Waals surface area contributed by atoms with Crippen molar-refractivity contribution >= 4 is 5.97 Å². The smallest absolute Gasteiger partial charge is 0.327 e. The molecule has 0 aromatic carbocycles. The lowest BCUT2D eigenvalue weighted by Gasteiger charge is -2.04. The number of rotatable bonds is 1. The molecule has 2 nitrogen and oxygen atoms in total. The first-order valence-electron chi connectivity index (χ1n) is 5.09. The summed E-state index contributed by atoms with van der Waals surface area (Å²) in [7, 11) is 0. The molecule has 13 heavy (non-hydrogen) atoms. The number of carbonyl (C=O) groups is 1. The number of fused-ring (bicyclic) bond motifs is 1. The lowest BCUT2D eigenvalue weighted by Crippen LogP contribution is -1.95. The predicted molar refractivity (Wildman–Crippen MR) is 52.5 cm³/mol. The second-order valence-electron chi connectivity index (χ2n) is 3.92. The molecule has 0 heterocycles. The van der Waals surface area contributed by atoms with Crippen molar-refractivity contribution in [2.24, 2.45) is 11.8 Å². The summed E-state index contributed by atoms with van der Waals surface area (Å²) in [5.41, 5.74) is 0. The Kier molecular flexibility index (Phi) is 4.00. The Morgan fingerprint density at radius 3 is 1.69 bits per heavy atom. The Hall–Kier alpha value is -0.790. The van der Waals surface area contributed by atoms with Gasteiger partial charge >= 0.3 is 5.97 Å². The average molecular weight is 182 g/mol. The summed E-state index contributed by atoms with van der Waals surface area (Å²) in [4.78, 5) is 9.25. The molecule has 0 aliphatic heterocycles. The van der Waals surface area contributed by atoms with Gasteiger partial charge in [0, 0.05) is 6.08 Å². The Morgan fingerprint density at radius 1 is 1.15 bits per heavy atom. The Labute approximate surface area is 79.6 Å². The van der Waals surface area contributed by atoms with E-state index >= 15 is 0 Å². The molecule has 2 fully saturated rings. The maximum Gasteiger partial charge on any atom is 0.327 e. The van der Waals surface area contributed by atoms with Gasteiger partial charge in [-0.3, -0.25) is 0 Å². The monoisotopic (exact) mass is 182 g/mol. The molecule has 0 aromatic rings. The molecule has 1 N–H and O–H groups in total. The molecule has 2 aliphatic carbocycles. The molecular formula is C11H18O2. The van der Waals surface area contributed by atoms with Crippen LogP contribution in [0.1, 0.15) is 38.5 Å². The standard InChI is InChI=1S/C8H14.C3H4O2/c1-3-7-5-2-6-8(7)4-1;1-2-3(4)5/h7-8H,1-6H2;2H,1H2,(H,4,5). The summed E-state index contributed by atoms with van der Waals surface area (Å²) in [6, 6.07) is 0. The third-order valence-corrected chi connectivity index (χ3v) is 3.14. The van der Waals surface area contributed by atoms with Crippen molar-refractivity contribution in [2.75, 3.05) is 0 Å². The van der Waals surface area contributed by atoms with E-state index < -0.39 is 5.97 Å². The zero-order valence-corrected chi connectivity index (χ0v) is 8.04. The van der Waals surface area contributed by atoms with Crippen LogP contribution in [0.4, 0.5) is 0 Å². The number of aliphatic carboxylic acids is 1. The van der Waals surface area contributed by atoms with E-state index in [9.17, 15) is 4.79 Å². The van der Waals surface area contributed by atoms with Gasteiger partial charge in [-0.05, 0) is 11.8 Å². The van der Waals surface area contributed by atoms with E-state index in [4.69, 9.17) is 5.11 Å². The van der Waals surface area contributed by atoms with E-state index in [0.717, 1.165) is 6.08 Å². The molecule has 0 atom stereocenters. The number of hydrogen-bond donors (Lipinski definition) is 1. The summed E-state index contributed by atoms with van der Waals surface area (Å²) >= 11 is 0. The van der Waals surface area contributed by atoms with Crippen molar-refractivity contribution in [1.82, 2.24) is 0 Å². The SMILES string of the molecule is C1CC2CCCC2C1.C=CC(=O)O. The number of carboxylic acids is 1. The second kappa shape index (κ2) is 5.05. The molecule has 2 heteroatoms. The molecule has 0 radical (unpaired) electrons. The molecule has 0 amide bonds. The molecule has 0 bridgehead atoms. The fraction of sp³-hybridized carbons (Fsp3) is 0.727. The first kappa shape index (κ1) is 10.3. The zero-order chi connectivity index (χ0) is 9.68. The van der Waals surface area contributed by atoms with Gasteiger partial charge in [-0.1, -0.05) is 45.1 Å². The van der Waals surface area contributed by atoms with Crippen LogP contribution < -0.4 is 0 Å². The molecule has 2 saturated carbocycles. The first-order chi connectivity index (χ1) is 6.24. The fourth-order valence-electron chi connectivity index (χ4n) is 2.52. The molecule has 2 rings (SSSR count). The van der Waals surface area contributed by atoms with E-state index in [0.29, 0.717) is 0 Å². The first-order valence-corrected chi connectivity index (χ1v) is 5.09. The summed E-state index contributed by atoms with van der Waals surface area (Å²) < 4.78 is 0. The third kappa shape index (κ3) is 3.21. The molecular weight excluding hydrogens is 164 g/mol. The maximum absolute atomic E-state index is 9.25. The maximum atomic E-state index is 9.25. The molecule has 2 aliphatic rings. The summed E-state index contributed by atoms with van der Waals surface area (Å²) in [5.74, 6) is 1.37. The lowest BCUT2D eigenvalue weighted by molar-refractivity contribution is -0.131. The summed E-state index contributed by atoms with van der Waals surface area (Å²) in [5, 5.41) is 7.60. The van der Waals surface area contributed by atoms with Crippen molar-refractivity contribution in [2.45, 2.75) is 38.5 Å². The molecule has 0 saturated heterocycles. The van der Waals surface area contributed by atoms with Crippen LogP contribution in [0.5, 0.6) is 0 Å². The molecule has 0 unspecified atom stereocenters. The highest BCUT2D eigenvalue weighted by atomic mass is 16.4. The van der Waals surface area contributed by atoms with Crippen LogP contribution in [-0.4, -0.2) is 11.1 Å². The van der Waals surface area contributed by atoms with Gasteiger partial charge in [0.15, 0.2) is 0 Å². The van der Waals surface area contributed by atoms with Gasteiger partial charge in [0.2, 0.25) is 0 Å². The quantitative estimate of drug-likeness (QED) is 0.633. The Bertz CT molecular complexity index is 167. The minimum absolute atomic E-state index is 0.833. The van der Waals surface area contributed by atoms with Gasteiger partial charge in [-0.15, -0.1) is 0 Å². The minimum atomic E-state index is -0.981. The second-order valence-corrected chi connectivity index (χ2v) is 3.92. The highest BCUT2D eigenvalue weighted by molar-refractivity contribution is 5.78. The fourth-order valence-corrected chi connectivity index (χ4v) is 2.52. The van der Waals surface area contributed by atoms with Crippen molar-refractivity contribution in [3.8, 4) is 0 Å². The van der Waals surface area contributed by atoms with Crippen molar-refractivity contribution < 1.29 is 9.90 Å². The minimum Gasteiger partial charge on any atom is -0.478 e. The van der Waals surface area contributed by atoms with E-state index in [1.807, 2.05) is 0 Å². The molecule has 0 aromatic heterocycles. The van der Waals surface area contributed by atoms with Crippen LogP contribution in [0.2, 0.25) is 0 Å². The third-order valence-electron chi connectivity index (χ3n) is 3.14. The van der Waals surface area contributed by atoms with Gasteiger partial charge in [0.1, 0.15) is 0 Å². The van der Waals surface area contributed by atoms with Gasteiger partial charge < -0.3 is 5.11 Å². The topological polar surface area (TPSA) is 37.3 Å². The Balaban J connectivity index is 0.000000149. The van der Waals surface area contributed by atoms with Crippen molar-refractivity contribution in [3.63, 3.8) is 0 Å². The highest BCUT2D eigenvalue weighted by Gasteiger charge is 2.30. The van der Waals surface area contributed by atoms with Crippen LogP contribution >= 0.6 is 0 Å². The van der Waals surface area contributed by atoms with Gasteiger partial charge in [0.25, 0.3) is 0 Å². The van der Waals surface area contributed by atoms with Gasteiger partial charge in [-0.25, -0.2) is 4.79 Å². The van der Waals surface area contributed by atoms with E-state index in [2.05, 4.69) is 6.58 Å². The summed E-state index contributed by atoms with van der Waals surface area (Å²) in [6.45, 7) is 2.96. The molecule has 0 spiro atoms. The van der Waals surface area contributed by atoms with Crippen molar-refractivity contribution in [3.05, 3.63) is 12.7 Å². The highest BCUT2D eigenvalue weighted by Crippen LogP contribution is 2.43. The lowest BCUT2D eigenvalue weighted by atomic mass is 10.0. The van der Waals surface area contributed by atoms with Crippen LogP contribution in [0.15, 0.2) is 12.7 Å². The molecule has 74 valence electrons. The average Bonchev–Trinajstić information content (AvgIpc) is 2.64. The van der Waals surface area contributed by atoms with Gasteiger partial charge in [-0.2, -0.15) is 0 Å². The van der Waals surface area contributed by atoms with Crippen molar-refractivity contribution in [1.29, 1.82) is 0 Å². The normalized spacial score (nSPS) is 30.2. The van der Waals surface area contributed by atoms with E-state index in [-0.39, 0.29) is 0 Å². The van der Waals surface area contributed by atoms with Crippen LogP contribution in [0.3, 0.4) is 0 Å². The van der Waals surface area contributed by atoms with Crippen LogP contribution in [0, 0.1) is 11.8 Å². The van der Waals surface area contributed by atoms with E-state index in [1.54, 1.807) is 25.7 Å². The number of hydrogen-bond acceptors (Lipinski definition) is 1. The summed E-state index contributed by atoms with van der Waals surface area (Å²) in [6.07, 6.45) is 10.1.